The molecule has 0 saturated heterocycles. The molecule has 0 aliphatic rings. The molecule has 0 aliphatic heterocycles. The number of hydrogen-bond donors (Lipinski definition) is 2. The smallest absolute Gasteiger partial charge is 0.163 e. The van der Waals surface area contributed by atoms with Crippen LogP contribution in [0.2, 0.25) is 5.15 Å². The summed E-state index contributed by atoms with van der Waals surface area (Å²) in [6.07, 6.45) is 2.82. The third kappa shape index (κ3) is 4.47. The molecular formula is C15H18ClN3O. The van der Waals surface area contributed by atoms with Crippen molar-refractivity contribution in [2.45, 2.75) is 19.3 Å². The molecular weight excluding hydrogens is 274 g/mol. The Kier molecular flexibility index (Phi) is 5.77. The molecule has 0 saturated carbocycles. The van der Waals surface area contributed by atoms with Crippen LogP contribution in [-0.4, -0.2) is 28.2 Å². The van der Waals surface area contributed by atoms with Crippen molar-refractivity contribution in [3.63, 3.8) is 0 Å². The number of rotatable bonds is 7. The summed E-state index contributed by atoms with van der Waals surface area (Å²) in [6, 6.07) is 11.5. The maximum atomic E-state index is 8.72. The van der Waals surface area contributed by atoms with E-state index < -0.39 is 0 Å². The van der Waals surface area contributed by atoms with Crippen molar-refractivity contribution in [1.82, 2.24) is 9.97 Å². The number of nitrogens with one attached hydrogen (secondary N) is 1. The van der Waals surface area contributed by atoms with Crippen LogP contribution in [-0.2, 0) is 0 Å². The van der Waals surface area contributed by atoms with Crippen LogP contribution in [0, 0.1) is 0 Å². The van der Waals surface area contributed by atoms with Crippen LogP contribution in [0.3, 0.4) is 0 Å². The molecule has 20 heavy (non-hydrogen) atoms. The van der Waals surface area contributed by atoms with Crippen molar-refractivity contribution < 1.29 is 5.11 Å². The molecule has 0 unspecified atom stereocenters. The summed E-state index contributed by atoms with van der Waals surface area (Å²) < 4.78 is 0. The molecule has 0 spiro atoms. The predicted octanol–water partition coefficient (Wildman–Crippen LogP) is 3.37. The SMILES string of the molecule is OCCCCCNc1cc(Cl)nc(-c2ccccc2)n1. The Morgan fingerprint density at radius 1 is 1.05 bits per heavy atom. The van der Waals surface area contributed by atoms with Gasteiger partial charge in [-0.25, -0.2) is 9.97 Å². The van der Waals surface area contributed by atoms with Gasteiger partial charge in [-0.2, -0.15) is 0 Å². The number of aliphatic hydroxyl groups is 1. The highest BCUT2D eigenvalue weighted by molar-refractivity contribution is 6.29. The molecule has 0 aliphatic carbocycles. The van der Waals surface area contributed by atoms with Crippen molar-refractivity contribution in [1.29, 1.82) is 0 Å². The zero-order chi connectivity index (χ0) is 14.2. The lowest BCUT2D eigenvalue weighted by Crippen LogP contribution is -2.05. The van der Waals surface area contributed by atoms with Gasteiger partial charge in [-0.1, -0.05) is 41.9 Å². The molecule has 0 atom stereocenters. The van der Waals surface area contributed by atoms with Gasteiger partial charge >= 0.3 is 0 Å². The third-order valence-electron chi connectivity index (χ3n) is 2.87. The van der Waals surface area contributed by atoms with E-state index in [9.17, 15) is 0 Å². The van der Waals surface area contributed by atoms with Crippen molar-refractivity contribution in [2.75, 3.05) is 18.5 Å². The van der Waals surface area contributed by atoms with Crippen LogP contribution in [0.25, 0.3) is 11.4 Å². The molecule has 0 radical (unpaired) electrons. The number of benzene rings is 1. The van der Waals surface area contributed by atoms with Crippen molar-refractivity contribution in [3.05, 3.63) is 41.6 Å². The minimum absolute atomic E-state index is 0.248. The maximum Gasteiger partial charge on any atom is 0.163 e. The van der Waals surface area contributed by atoms with Gasteiger partial charge in [0.1, 0.15) is 11.0 Å². The highest BCUT2D eigenvalue weighted by atomic mass is 35.5. The van der Waals surface area contributed by atoms with Gasteiger partial charge in [-0.3, -0.25) is 0 Å². The maximum absolute atomic E-state index is 8.72. The molecule has 1 heterocycles. The van der Waals surface area contributed by atoms with Crippen LogP contribution in [0.5, 0.6) is 0 Å². The van der Waals surface area contributed by atoms with Crippen LogP contribution in [0.15, 0.2) is 36.4 Å². The van der Waals surface area contributed by atoms with Gasteiger partial charge in [0.15, 0.2) is 5.82 Å². The van der Waals surface area contributed by atoms with Crippen LogP contribution in [0.4, 0.5) is 5.82 Å². The van der Waals surface area contributed by atoms with Gasteiger partial charge in [0, 0.05) is 24.8 Å². The number of unbranched alkanes of at least 4 members (excludes halogenated alkanes) is 2. The van der Waals surface area contributed by atoms with Gasteiger partial charge in [-0.15, -0.1) is 0 Å². The van der Waals surface area contributed by atoms with Gasteiger partial charge in [0.25, 0.3) is 0 Å². The fraction of sp³-hybridized carbons (Fsp3) is 0.333. The highest BCUT2D eigenvalue weighted by Gasteiger charge is 2.05. The fourth-order valence-electron chi connectivity index (χ4n) is 1.85. The Bertz CT molecular complexity index is 534. The van der Waals surface area contributed by atoms with Crippen molar-refractivity contribution in [3.8, 4) is 11.4 Å². The first-order valence-electron chi connectivity index (χ1n) is 6.74. The lowest BCUT2D eigenvalue weighted by atomic mass is 10.2. The molecule has 2 aromatic rings. The molecule has 0 bridgehead atoms. The van der Waals surface area contributed by atoms with Crippen molar-refractivity contribution in [2.24, 2.45) is 0 Å². The van der Waals surface area contributed by atoms with E-state index in [0.29, 0.717) is 11.0 Å². The van der Waals surface area contributed by atoms with E-state index in [1.54, 1.807) is 6.07 Å². The lowest BCUT2D eigenvalue weighted by molar-refractivity contribution is 0.283. The second-order valence-electron chi connectivity index (χ2n) is 4.48. The second kappa shape index (κ2) is 7.82. The van der Waals surface area contributed by atoms with E-state index in [1.165, 1.54) is 0 Å². The first kappa shape index (κ1) is 14.8. The number of nitrogens with zero attached hydrogens (tertiary/aromatic N) is 2. The van der Waals surface area contributed by atoms with E-state index in [4.69, 9.17) is 16.7 Å². The Balaban J connectivity index is 2.02. The summed E-state index contributed by atoms with van der Waals surface area (Å²) in [6.45, 7) is 1.05. The summed E-state index contributed by atoms with van der Waals surface area (Å²) in [4.78, 5) is 8.71. The quantitative estimate of drug-likeness (QED) is 0.606. The Morgan fingerprint density at radius 2 is 1.85 bits per heavy atom. The Labute approximate surface area is 123 Å². The Hall–Kier alpha value is -1.65. The number of aromatic nitrogens is 2. The van der Waals surface area contributed by atoms with E-state index in [-0.39, 0.29) is 6.61 Å². The number of anilines is 1. The molecule has 0 amide bonds. The number of hydrogen-bond acceptors (Lipinski definition) is 4. The molecule has 4 nitrogen and oxygen atoms in total. The third-order valence-corrected chi connectivity index (χ3v) is 3.06. The normalized spacial score (nSPS) is 10.5. The summed E-state index contributed by atoms with van der Waals surface area (Å²) in [5.41, 5.74) is 0.943. The van der Waals surface area contributed by atoms with Gasteiger partial charge in [0.05, 0.1) is 0 Å². The molecule has 106 valence electrons. The molecule has 5 heteroatoms. The topological polar surface area (TPSA) is 58.0 Å². The summed E-state index contributed by atoms with van der Waals surface area (Å²) >= 11 is 6.04. The standard InChI is InChI=1S/C15H18ClN3O/c16-13-11-14(17-9-5-2-6-10-20)19-15(18-13)12-7-3-1-4-8-12/h1,3-4,7-8,11,20H,2,5-6,9-10H2,(H,17,18,19). The summed E-state index contributed by atoms with van der Waals surface area (Å²) in [7, 11) is 0. The number of halogens is 1. The summed E-state index contributed by atoms with van der Waals surface area (Å²) in [5, 5.41) is 12.4. The molecule has 0 fully saturated rings. The van der Waals surface area contributed by atoms with Gasteiger partial charge in [-0.05, 0) is 19.3 Å². The molecule has 2 rings (SSSR count). The highest BCUT2D eigenvalue weighted by Crippen LogP contribution is 2.19. The second-order valence-corrected chi connectivity index (χ2v) is 4.86. The minimum atomic E-state index is 0.248. The largest absolute Gasteiger partial charge is 0.396 e. The van der Waals surface area contributed by atoms with E-state index in [0.717, 1.165) is 37.2 Å². The molecule has 1 aromatic carbocycles. The van der Waals surface area contributed by atoms with E-state index in [2.05, 4.69) is 15.3 Å². The fourth-order valence-corrected chi connectivity index (χ4v) is 2.04. The first-order chi connectivity index (χ1) is 9.79. The first-order valence-corrected chi connectivity index (χ1v) is 7.12. The van der Waals surface area contributed by atoms with Gasteiger partial charge < -0.3 is 10.4 Å². The predicted molar refractivity (Wildman–Crippen MR) is 81.9 cm³/mol. The average molecular weight is 292 g/mol. The summed E-state index contributed by atoms with van der Waals surface area (Å²) in [5.74, 6) is 1.35. The van der Waals surface area contributed by atoms with Crippen LogP contribution < -0.4 is 5.32 Å². The minimum Gasteiger partial charge on any atom is -0.396 e. The Morgan fingerprint density at radius 3 is 2.60 bits per heavy atom. The van der Waals surface area contributed by atoms with Crippen LogP contribution in [0.1, 0.15) is 19.3 Å². The monoisotopic (exact) mass is 291 g/mol. The number of aliphatic hydroxyl groups excluding tert-OH is 1. The molecule has 1 aromatic heterocycles. The molecule has 2 N–H and O–H groups in total. The van der Waals surface area contributed by atoms with E-state index >= 15 is 0 Å². The van der Waals surface area contributed by atoms with Crippen molar-refractivity contribution >= 4 is 17.4 Å². The van der Waals surface area contributed by atoms with Crippen LogP contribution >= 0.6 is 11.6 Å². The zero-order valence-corrected chi connectivity index (χ0v) is 12.0. The van der Waals surface area contributed by atoms with Gasteiger partial charge in [0.2, 0.25) is 0 Å². The zero-order valence-electron chi connectivity index (χ0n) is 11.2. The average Bonchev–Trinajstić information content (AvgIpc) is 2.47. The van der Waals surface area contributed by atoms with E-state index in [1.807, 2.05) is 30.3 Å². The lowest BCUT2D eigenvalue weighted by Gasteiger charge is -2.08.